The highest BCUT2D eigenvalue weighted by atomic mass is 32.1. The van der Waals surface area contributed by atoms with Crippen molar-refractivity contribution in [3.05, 3.63) is 21.9 Å². The number of nitrogens with zero attached hydrogens (tertiary/aromatic N) is 1. The zero-order valence-electron chi connectivity index (χ0n) is 5.82. The summed E-state index contributed by atoms with van der Waals surface area (Å²) in [5, 5.41) is 17.1. The number of rotatable bonds is 2. The van der Waals surface area contributed by atoms with Gasteiger partial charge in [-0.1, -0.05) is 0 Å². The van der Waals surface area contributed by atoms with Crippen LogP contribution in [0.2, 0.25) is 0 Å². The highest BCUT2D eigenvalue weighted by Crippen LogP contribution is 2.20. The molecule has 3 N–H and O–H groups in total. The van der Waals surface area contributed by atoms with Gasteiger partial charge in [0.15, 0.2) is 0 Å². The topological polar surface area (TPSA) is 70.0 Å². The summed E-state index contributed by atoms with van der Waals surface area (Å²) in [6.07, 6.45) is 0. The van der Waals surface area contributed by atoms with Crippen molar-refractivity contribution in [2.45, 2.75) is 6.04 Å². The van der Waals surface area contributed by atoms with Crippen molar-refractivity contribution in [3.8, 4) is 6.07 Å². The fourth-order valence-corrected chi connectivity index (χ4v) is 1.50. The van der Waals surface area contributed by atoms with Crippen LogP contribution in [-0.4, -0.2) is 11.7 Å². The van der Waals surface area contributed by atoms with Gasteiger partial charge in [0.2, 0.25) is 0 Å². The van der Waals surface area contributed by atoms with Gasteiger partial charge in [0, 0.05) is 4.88 Å². The molecule has 0 saturated carbocycles. The van der Waals surface area contributed by atoms with Gasteiger partial charge in [-0.15, -0.1) is 11.3 Å². The molecule has 3 nitrogen and oxygen atoms in total. The summed E-state index contributed by atoms with van der Waals surface area (Å²) in [5.74, 6) is 0. The molecular weight excluding hydrogens is 160 g/mol. The fraction of sp³-hybridized carbons (Fsp3) is 0.286. The van der Waals surface area contributed by atoms with E-state index in [1.807, 2.05) is 6.07 Å². The maximum atomic E-state index is 8.67. The third-order valence-electron chi connectivity index (χ3n) is 1.30. The Balaban J connectivity index is 2.82. The molecule has 4 heteroatoms. The fourth-order valence-electron chi connectivity index (χ4n) is 0.702. The van der Waals surface area contributed by atoms with Crippen molar-refractivity contribution >= 4 is 11.3 Å². The Hall–Kier alpha value is -0.890. The van der Waals surface area contributed by atoms with E-state index in [1.54, 1.807) is 12.1 Å². The van der Waals surface area contributed by atoms with E-state index in [4.69, 9.17) is 16.1 Å². The van der Waals surface area contributed by atoms with Crippen LogP contribution in [0.3, 0.4) is 0 Å². The molecule has 0 spiro atoms. The average molecular weight is 168 g/mol. The summed E-state index contributed by atoms with van der Waals surface area (Å²) >= 11 is 1.32. The first-order chi connectivity index (χ1) is 5.27. The Morgan fingerprint density at radius 1 is 1.73 bits per heavy atom. The van der Waals surface area contributed by atoms with Gasteiger partial charge < -0.3 is 10.8 Å². The lowest BCUT2D eigenvalue weighted by molar-refractivity contribution is 0.269. The SMILES string of the molecule is N#Cc1ccc(C(N)CO)s1. The Bertz CT molecular complexity index is 276. The van der Waals surface area contributed by atoms with E-state index < -0.39 is 0 Å². The molecule has 1 heterocycles. The second-order valence-corrected chi connectivity index (χ2v) is 3.22. The van der Waals surface area contributed by atoms with E-state index in [0.29, 0.717) is 4.88 Å². The van der Waals surface area contributed by atoms with Gasteiger partial charge in [-0.05, 0) is 12.1 Å². The normalized spacial score (nSPS) is 12.5. The molecule has 1 rings (SSSR count). The summed E-state index contributed by atoms with van der Waals surface area (Å²) in [7, 11) is 0. The van der Waals surface area contributed by atoms with Crippen LogP contribution >= 0.6 is 11.3 Å². The van der Waals surface area contributed by atoms with E-state index in [0.717, 1.165) is 4.88 Å². The third kappa shape index (κ3) is 1.77. The minimum atomic E-state index is -0.345. The van der Waals surface area contributed by atoms with Crippen LogP contribution < -0.4 is 5.73 Å². The molecule has 0 fully saturated rings. The van der Waals surface area contributed by atoms with Crippen molar-refractivity contribution in [2.75, 3.05) is 6.61 Å². The van der Waals surface area contributed by atoms with Crippen LogP contribution in [0.15, 0.2) is 12.1 Å². The van der Waals surface area contributed by atoms with Gasteiger partial charge in [-0.25, -0.2) is 0 Å². The highest BCUT2D eigenvalue weighted by molar-refractivity contribution is 7.12. The molecule has 0 amide bonds. The van der Waals surface area contributed by atoms with Gasteiger partial charge in [-0.3, -0.25) is 0 Å². The molecule has 1 aromatic rings. The van der Waals surface area contributed by atoms with Gasteiger partial charge in [0.1, 0.15) is 10.9 Å². The lowest BCUT2D eigenvalue weighted by Crippen LogP contribution is -2.12. The maximum absolute atomic E-state index is 8.67. The number of nitrogens with two attached hydrogens (primary N) is 1. The number of hydrogen-bond acceptors (Lipinski definition) is 4. The summed E-state index contributed by atoms with van der Waals surface area (Å²) in [6, 6.07) is 5.13. The van der Waals surface area contributed by atoms with Crippen molar-refractivity contribution in [3.63, 3.8) is 0 Å². The molecule has 0 aromatic carbocycles. The van der Waals surface area contributed by atoms with Gasteiger partial charge in [0.05, 0.1) is 12.6 Å². The predicted molar refractivity (Wildman–Crippen MR) is 43.0 cm³/mol. The molecule has 11 heavy (non-hydrogen) atoms. The van der Waals surface area contributed by atoms with Crippen molar-refractivity contribution in [1.29, 1.82) is 5.26 Å². The van der Waals surface area contributed by atoms with Crippen molar-refractivity contribution in [2.24, 2.45) is 5.73 Å². The molecule has 58 valence electrons. The van der Waals surface area contributed by atoms with Crippen LogP contribution in [0.25, 0.3) is 0 Å². The second-order valence-electron chi connectivity index (χ2n) is 2.10. The smallest absolute Gasteiger partial charge is 0.110 e. The Morgan fingerprint density at radius 3 is 2.91 bits per heavy atom. The monoisotopic (exact) mass is 168 g/mol. The summed E-state index contributed by atoms with van der Waals surface area (Å²) in [5.41, 5.74) is 5.51. The first-order valence-corrected chi connectivity index (χ1v) is 3.96. The van der Waals surface area contributed by atoms with Crippen LogP contribution in [0, 0.1) is 11.3 Å². The molecule has 0 saturated heterocycles. The second kappa shape index (κ2) is 3.49. The first kappa shape index (κ1) is 8.21. The van der Waals surface area contributed by atoms with Crippen LogP contribution in [0.1, 0.15) is 15.8 Å². The number of aliphatic hydroxyl groups is 1. The van der Waals surface area contributed by atoms with Crippen molar-refractivity contribution in [1.82, 2.24) is 0 Å². The van der Waals surface area contributed by atoms with E-state index in [-0.39, 0.29) is 12.6 Å². The van der Waals surface area contributed by atoms with Crippen LogP contribution in [0.4, 0.5) is 0 Å². The maximum Gasteiger partial charge on any atom is 0.110 e. The van der Waals surface area contributed by atoms with Crippen LogP contribution in [-0.2, 0) is 0 Å². The first-order valence-electron chi connectivity index (χ1n) is 3.14. The summed E-state index contributed by atoms with van der Waals surface area (Å²) in [6.45, 7) is -0.0780. The molecule has 1 atom stereocenters. The quantitative estimate of drug-likeness (QED) is 0.679. The number of nitriles is 1. The molecule has 0 bridgehead atoms. The minimum absolute atomic E-state index is 0.0780. The number of hydrogen-bond donors (Lipinski definition) is 2. The van der Waals surface area contributed by atoms with Gasteiger partial charge >= 0.3 is 0 Å². The average Bonchev–Trinajstić information content (AvgIpc) is 2.50. The molecule has 1 aromatic heterocycles. The van der Waals surface area contributed by atoms with Gasteiger partial charge in [0.25, 0.3) is 0 Å². The third-order valence-corrected chi connectivity index (χ3v) is 2.42. The lowest BCUT2D eigenvalue weighted by atomic mass is 10.3. The van der Waals surface area contributed by atoms with E-state index in [2.05, 4.69) is 0 Å². The summed E-state index contributed by atoms with van der Waals surface area (Å²) < 4.78 is 0. The van der Waals surface area contributed by atoms with E-state index in [9.17, 15) is 0 Å². The molecule has 0 aliphatic heterocycles. The molecule has 0 aliphatic carbocycles. The molecule has 0 radical (unpaired) electrons. The Labute approximate surface area is 68.7 Å². The zero-order chi connectivity index (χ0) is 8.27. The number of aliphatic hydroxyl groups excluding tert-OH is 1. The highest BCUT2D eigenvalue weighted by Gasteiger charge is 2.06. The zero-order valence-corrected chi connectivity index (χ0v) is 6.64. The van der Waals surface area contributed by atoms with E-state index in [1.165, 1.54) is 11.3 Å². The van der Waals surface area contributed by atoms with Gasteiger partial charge in [-0.2, -0.15) is 5.26 Å². The minimum Gasteiger partial charge on any atom is -0.394 e. The standard InChI is InChI=1S/C7H8N2OS/c8-3-5-1-2-7(11-5)6(9)4-10/h1-2,6,10H,4,9H2. The lowest BCUT2D eigenvalue weighted by Gasteiger charge is -2.02. The largest absolute Gasteiger partial charge is 0.394 e. The summed E-state index contributed by atoms with van der Waals surface area (Å²) in [4.78, 5) is 1.48. The molecule has 0 aliphatic rings. The van der Waals surface area contributed by atoms with Crippen molar-refractivity contribution < 1.29 is 5.11 Å². The predicted octanol–water partition coefficient (Wildman–Crippen LogP) is 0.612. The number of thiophene rings is 1. The Kier molecular flexibility index (Phi) is 2.60. The Morgan fingerprint density at radius 2 is 2.45 bits per heavy atom. The molecular formula is C7H8N2OS. The van der Waals surface area contributed by atoms with E-state index >= 15 is 0 Å². The van der Waals surface area contributed by atoms with Crippen LogP contribution in [0.5, 0.6) is 0 Å². The molecule has 1 unspecified atom stereocenters.